The van der Waals surface area contributed by atoms with Gasteiger partial charge in [0.25, 0.3) is 0 Å². The first-order chi connectivity index (χ1) is 11.6. The van der Waals surface area contributed by atoms with Gasteiger partial charge in [-0.05, 0) is 18.9 Å². The van der Waals surface area contributed by atoms with Crippen molar-refractivity contribution < 1.29 is 18.4 Å². The van der Waals surface area contributed by atoms with E-state index in [-0.39, 0.29) is 23.4 Å². The van der Waals surface area contributed by atoms with E-state index in [1.807, 2.05) is 0 Å². The van der Waals surface area contributed by atoms with Crippen molar-refractivity contribution in [2.75, 3.05) is 6.54 Å². The van der Waals surface area contributed by atoms with Gasteiger partial charge < -0.3 is 20.3 Å². The number of nitrogens with two attached hydrogens (primary N) is 1. The molecule has 0 saturated carbocycles. The highest BCUT2D eigenvalue weighted by Crippen LogP contribution is 2.25. The summed E-state index contributed by atoms with van der Waals surface area (Å²) in [5.74, 6) is -0.278. The highest BCUT2D eigenvalue weighted by molar-refractivity contribution is 5.81. The molecule has 2 aromatic rings. The van der Waals surface area contributed by atoms with Gasteiger partial charge in [0.2, 0.25) is 11.8 Å². The molecule has 3 N–H and O–H groups in total. The quantitative estimate of drug-likeness (QED) is 0.852. The molecule has 0 spiro atoms. The molecule has 1 aromatic carbocycles. The number of carbonyl (C=O) groups excluding carboxylic acids is 1. The molecule has 2 heterocycles. The Morgan fingerprint density at radius 1 is 1.46 bits per heavy atom. The molecule has 0 aliphatic carbocycles. The van der Waals surface area contributed by atoms with Gasteiger partial charge in [0.15, 0.2) is 5.82 Å². The van der Waals surface area contributed by atoms with Crippen molar-refractivity contribution in [1.82, 2.24) is 15.5 Å². The van der Waals surface area contributed by atoms with Crippen molar-refractivity contribution in [1.29, 1.82) is 0 Å². The maximum Gasteiger partial charge on any atom is 0.250 e. The fourth-order valence-corrected chi connectivity index (χ4v) is 2.73. The second kappa shape index (κ2) is 7.06. The molecule has 3 rings (SSSR count). The number of carbonyl (C=O) groups is 1. The summed E-state index contributed by atoms with van der Waals surface area (Å²) in [5, 5.41) is 6.58. The van der Waals surface area contributed by atoms with Gasteiger partial charge in [-0.25, -0.2) is 4.39 Å². The fraction of sp³-hybridized carbons (Fsp3) is 0.438. The van der Waals surface area contributed by atoms with Gasteiger partial charge in [0, 0.05) is 19.0 Å². The second-order valence-corrected chi connectivity index (χ2v) is 5.69. The van der Waals surface area contributed by atoms with Crippen molar-refractivity contribution in [2.24, 2.45) is 5.73 Å². The fourth-order valence-electron chi connectivity index (χ4n) is 2.73. The highest BCUT2D eigenvalue weighted by atomic mass is 19.1. The normalized spacial score (nSPS) is 21.6. The predicted octanol–water partition coefficient (Wildman–Crippen LogP) is 1.23. The average molecular weight is 334 g/mol. The minimum Gasteiger partial charge on any atom is -0.364 e. The Balaban J connectivity index is 1.83. The number of nitrogens with one attached hydrogen (secondary N) is 1. The molecule has 1 aromatic heterocycles. The lowest BCUT2D eigenvalue weighted by Gasteiger charge is -2.19. The first-order valence-corrected chi connectivity index (χ1v) is 7.79. The number of hydrogen-bond donors (Lipinski definition) is 2. The van der Waals surface area contributed by atoms with E-state index in [2.05, 4.69) is 15.5 Å². The number of amides is 1. The smallest absolute Gasteiger partial charge is 0.250 e. The van der Waals surface area contributed by atoms with E-state index in [4.69, 9.17) is 15.0 Å². The second-order valence-electron chi connectivity index (χ2n) is 5.69. The molecule has 0 bridgehead atoms. The zero-order chi connectivity index (χ0) is 17.1. The molecule has 128 valence electrons. The summed E-state index contributed by atoms with van der Waals surface area (Å²) in [7, 11) is 0. The van der Waals surface area contributed by atoms with Crippen molar-refractivity contribution in [2.45, 2.75) is 38.0 Å². The maximum absolute atomic E-state index is 14.2. The van der Waals surface area contributed by atoms with Crippen LogP contribution >= 0.6 is 0 Å². The summed E-state index contributed by atoms with van der Waals surface area (Å²) in [6.45, 7) is 1.99. The SMILES string of the molecule is Cc1nc(C(NC(=O)[C@@H]2CC[C@H](CN)O2)c2ccccc2F)no1. The standard InChI is InChI=1S/C16H19FN4O3/c1-9-19-15(21-24-9)14(11-4-2-3-5-12(11)17)20-16(22)13-7-6-10(8-18)23-13/h2-5,10,13-14H,6-8,18H2,1H3,(H,20,22)/t10-,13+,14?/m1/s1. The molecular weight excluding hydrogens is 315 g/mol. The zero-order valence-corrected chi connectivity index (χ0v) is 13.2. The summed E-state index contributed by atoms with van der Waals surface area (Å²) < 4.78 is 24.7. The van der Waals surface area contributed by atoms with Gasteiger partial charge in [-0.15, -0.1) is 0 Å². The monoisotopic (exact) mass is 334 g/mol. The van der Waals surface area contributed by atoms with E-state index in [9.17, 15) is 9.18 Å². The third-order valence-corrected chi connectivity index (χ3v) is 3.97. The number of aromatic nitrogens is 2. The van der Waals surface area contributed by atoms with Gasteiger partial charge in [-0.1, -0.05) is 23.4 Å². The molecule has 1 aliphatic heterocycles. The number of nitrogens with zero attached hydrogens (tertiary/aromatic N) is 2. The van der Waals surface area contributed by atoms with Crippen LogP contribution in [-0.2, 0) is 9.53 Å². The molecule has 1 unspecified atom stereocenters. The van der Waals surface area contributed by atoms with Crippen LogP contribution in [0.25, 0.3) is 0 Å². The molecule has 1 fully saturated rings. The van der Waals surface area contributed by atoms with E-state index >= 15 is 0 Å². The van der Waals surface area contributed by atoms with Crippen LogP contribution in [0, 0.1) is 12.7 Å². The molecule has 7 nitrogen and oxygen atoms in total. The average Bonchev–Trinajstić information content (AvgIpc) is 3.22. The molecule has 1 amide bonds. The molecular formula is C16H19FN4O3. The molecule has 24 heavy (non-hydrogen) atoms. The van der Waals surface area contributed by atoms with Crippen LogP contribution in [0.15, 0.2) is 28.8 Å². The molecule has 1 aliphatic rings. The van der Waals surface area contributed by atoms with E-state index in [1.165, 1.54) is 6.07 Å². The van der Waals surface area contributed by atoms with Crippen molar-refractivity contribution >= 4 is 5.91 Å². The maximum atomic E-state index is 14.2. The third-order valence-electron chi connectivity index (χ3n) is 3.97. The number of halogens is 1. The summed E-state index contributed by atoms with van der Waals surface area (Å²) in [5.41, 5.74) is 5.83. The van der Waals surface area contributed by atoms with Crippen LogP contribution in [0.2, 0.25) is 0 Å². The van der Waals surface area contributed by atoms with Crippen molar-refractivity contribution in [3.63, 3.8) is 0 Å². The topological polar surface area (TPSA) is 103 Å². The Hall–Kier alpha value is -2.32. The third kappa shape index (κ3) is 3.44. The van der Waals surface area contributed by atoms with Crippen LogP contribution in [0.3, 0.4) is 0 Å². The molecule has 8 heteroatoms. The Morgan fingerprint density at radius 3 is 2.88 bits per heavy atom. The van der Waals surface area contributed by atoms with E-state index in [1.54, 1.807) is 25.1 Å². The summed E-state index contributed by atoms with van der Waals surface area (Å²) in [4.78, 5) is 16.6. The Kier molecular flexibility index (Phi) is 4.86. The summed E-state index contributed by atoms with van der Waals surface area (Å²) in [6.07, 6.45) is 0.560. The summed E-state index contributed by atoms with van der Waals surface area (Å²) >= 11 is 0. The lowest BCUT2D eigenvalue weighted by molar-refractivity contribution is -0.132. The largest absolute Gasteiger partial charge is 0.364 e. The molecule has 3 atom stereocenters. The number of hydrogen-bond acceptors (Lipinski definition) is 6. The number of ether oxygens (including phenoxy) is 1. The zero-order valence-electron chi connectivity index (χ0n) is 13.2. The minimum atomic E-state index is -0.850. The van der Waals surface area contributed by atoms with E-state index in [0.717, 1.165) is 6.42 Å². The molecule has 1 saturated heterocycles. The van der Waals surface area contributed by atoms with Gasteiger partial charge in [-0.3, -0.25) is 4.79 Å². The van der Waals surface area contributed by atoms with E-state index in [0.29, 0.717) is 18.9 Å². The highest BCUT2D eigenvalue weighted by Gasteiger charge is 2.33. The Morgan fingerprint density at radius 2 is 2.25 bits per heavy atom. The van der Waals surface area contributed by atoms with Crippen LogP contribution in [0.5, 0.6) is 0 Å². The minimum absolute atomic E-state index is 0.125. The predicted molar refractivity (Wildman–Crippen MR) is 82.4 cm³/mol. The Labute approximate surface area is 138 Å². The summed E-state index contributed by atoms with van der Waals surface area (Å²) in [6, 6.07) is 5.30. The lowest BCUT2D eigenvalue weighted by Crippen LogP contribution is -2.39. The van der Waals surface area contributed by atoms with Gasteiger partial charge in [-0.2, -0.15) is 4.98 Å². The van der Waals surface area contributed by atoms with Crippen LogP contribution in [0.4, 0.5) is 4.39 Å². The van der Waals surface area contributed by atoms with E-state index < -0.39 is 18.0 Å². The number of rotatable bonds is 5. The number of aryl methyl sites for hydroxylation is 1. The van der Waals surface area contributed by atoms with Gasteiger partial charge in [0.05, 0.1) is 6.10 Å². The van der Waals surface area contributed by atoms with Crippen LogP contribution < -0.4 is 11.1 Å². The number of benzene rings is 1. The van der Waals surface area contributed by atoms with Gasteiger partial charge >= 0.3 is 0 Å². The van der Waals surface area contributed by atoms with Crippen molar-refractivity contribution in [3.8, 4) is 0 Å². The van der Waals surface area contributed by atoms with Crippen molar-refractivity contribution in [3.05, 3.63) is 47.4 Å². The first-order valence-electron chi connectivity index (χ1n) is 7.79. The van der Waals surface area contributed by atoms with Crippen LogP contribution in [0.1, 0.15) is 36.2 Å². The van der Waals surface area contributed by atoms with Gasteiger partial charge in [0.1, 0.15) is 18.0 Å². The lowest BCUT2D eigenvalue weighted by atomic mass is 10.0. The Bertz CT molecular complexity index is 721. The van der Waals surface area contributed by atoms with Crippen LogP contribution in [-0.4, -0.2) is 34.8 Å². The first kappa shape index (κ1) is 16.5. The molecule has 0 radical (unpaired) electrons.